The molecule has 0 aliphatic carbocycles. The molecule has 1 N–H and O–H groups in total. The first-order valence-corrected chi connectivity index (χ1v) is 6.90. The van der Waals surface area contributed by atoms with E-state index in [1.807, 2.05) is 13.8 Å². The van der Waals surface area contributed by atoms with Crippen molar-refractivity contribution >= 4 is 12.1 Å². The van der Waals surface area contributed by atoms with E-state index < -0.39 is 29.1 Å². The summed E-state index contributed by atoms with van der Waals surface area (Å²) in [6.45, 7) is 10.1. The highest BCUT2D eigenvalue weighted by molar-refractivity contribution is 5.75. The van der Waals surface area contributed by atoms with Crippen LogP contribution < -0.4 is 0 Å². The largest absolute Gasteiger partial charge is 0.481 e. The first-order valence-electron chi connectivity index (χ1n) is 6.90. The summed E-state index contributed by atoms with van der Waals surface area (Å²) in [7, 11) is 0. The summed E-state index contributed by atoms with van der Waals surface area (Å²) in [5, 5.41) is 9.18. The lowest BCUT2D eigenvalue weighted by Crippen LogP contribution is -2.50. The Hall–Kier alpha value is -1.30. The number of carboxylic acid groups (broad SMARTS) is 1. The van der Waals surface area contributed by atoms with Crippen LogP contribution in [0.2, 0.25) is 0 Å². The smallest absolute Gasteiger partial charge is 0.410 e. The second kappa shape index (κ2) is 5.99. The van der Waals surface area contributed by atoms with Gasteiger partial charge in [-0.25, -0.2) is 4.79 Å². The average molecular weight is 287 g/mol. The van der Waals surface area contributed by atoms with Crippen LogP contribution in [-0.2, 0) is 14.3 Å². The molecule has 0 spiro atoms. The second-order valence-corrected chi connectivity index (χ2v) is 6.46. The van der Waals surface area contributed by atoms with Crippen molar-refractivity contribution in [3.05, 3.63) is 0 Å². The predicted molar refractivity (Wildman–Crippen MR) is 73.6 cm³/mol. The van der Waals surface area contributed by atoms with Gasteiger partial charge in [0.05, 0.1) is 18.1 Å². The highest BCUT2D eigenvalue weighted by atomic mass is 16.6. The van der Waals surface area contributed by atoms with E-state index >= 15 is 0 Å². The van der Waals surface area contributed by atoms with Gasteiger partial charge in [-0.1, -0.05) is 0 Å². The number of likely N-dealkylation sites (tertiary alicyclic amines) is 1. The van der Waals surface area contributed by atoms with Crippen molar-refractivity contribution in [2.24, 2.45) is 5.92 Å². The zero-order valence-corrected chi connectivity index (χ0v) is 12.9. The summed E-state index contributed by atoms with van der Waals surface area (Å²) in [6, 6.07) is 0. The molecule has 0 aromatic heterocycles. The van der Waals surface area contributed by atoms with Gasteiger partial charge in [0, 0.05) is 13.2 Å². The van der Waals surface area contributed by atoms with Gasteiger partial charge in [0.15, 0.2) is 0 Å². The third-order valence-electron chi connectivity index (χ3n) is 3.32. The van der Waals surface area contributed by atoms with Gasteiger partial charge in [-0.3, -0.25) is 9.69 Å². The molecule has 1 heterocycles. The van der Waals surface area contributed by atoms with Crippen molar-refractivity contribution in [3.63, 3.8) is 0 Å². The number of hydrogen-bond donors (Lipinski definition) is 1. The molecule has 20 heavy (non-hydrogen) atoms. The monoisotopic (exact) mass is 287 g/mol. The van der Waals surface area contributed by atoms with Crippen LogP contribution in [0.4, 0.5) is 4.79 Å². The number of rotatable bonds is 4. The SMILES string of the molecule is CCOC[C@]1(C)CC(C(=O)O)CN1C(=O)OC(C)(C)C. The third-order valence-corrected chi connectivity index (χ3v) is 3.32. The lowest BCUT2D eigenvalue weighted by molar-refractivity contribution is -0.141. The minimum absolute atomic E-state index is 0.161. The summed E-state index contributed by atoms with van der Waals surface area (Å²) in [4.78, 5) is 25.0. The number of carbonyl (C=O) groups excluding carboxylic acids is 1. The van der Waals surface area contributed by atoms with Crippen LogP contribution in [0.15, 0.2) is 0 Å². The van der Waals surface area contributed by atoms with Gasteiger partial charge in [-0.15, -0.1) is 0 Å². The quantitative estimate of drug-likeness (QED) is 0.857. The fourth-order valence-corrected chi connectivity index (χ4v) is 2.38. The zero-order valence-electron chi connectivity index (χ0n) is 12.9. The molecule has 0 bridgehead atoms. The number of hydrogen-bond acceptors (Lipinski definition) is 4. The van der Waals surface area contributed by atoms with Crippen LogP contribution in [0, 0.1) is 5.92 Å². The predicted octanol–water partition coefficient (Wildman–Crippen LogP) is 2.12. The first-order chi connectivity index (χ1) is 9.09. The van der Waals surface area contributed by atoms with E-state index in [0.717, 1.165) is 0 Å². The van der Waals surface area contributed by atoms with Crippen LogP contribution >= 0.6 is 0 Å². The van der Waals surface area contributed by atoms with Crippen molar-refractivity contribution in [3.8, 4) is 0 Å². The Morgan fingerprint density at radius 3 is 2.45 bits per heavy atom. The molecule has 2 atom stereocenters. The fraction of sp³-hybridized carbons (Fsp3) is 0.857. The molecule has 1 amide bonds. The van der Waals surface area contributed by atoms with Crippen LogP contribution in [0.1, 0.15) is 41.0 Å². The van der Waals surface area contributed by atoms with E-state index in [-0.39, 0.29) is 6.54 Å². The van der Waals surface area contributed by atoms with Gasteiger partial charge < -0.3 is 14.6 Å². The molecule has 1 fully saturated rings. The molecule has 0 aromatic rings. The highest BCUT2D eigenvalue weighted by Crippen LogP contribution is 2.34. The van der Waals surface area contributed by atoms with E-state index in [0.29, 0.717) is 19.6 Å². The molecule has 0 saturated carbocycles. The second-order valence-electron chi connectivity index (χ2n) is 6.46. The Bertz CT molecular complexity index is 376. The Morgan fingerprint density at radius 2 is 2.00 bits per heavy atom. The summed E-state index contributed by atoms with van der Waals surface area (Å²) in [5.74, 6) is -1.47. The number of carboxylic acids is 1. The molecule has 0 radical (unpaired) electrons. The van der Waals surface area contributed by atoms with Gasteiger partial charge in [-0.2, -0.15) is 0 Å². The topological polar surface area (TPSA) is 76.1 Å². The number of ether oxygens (including phenoxy) is 2. The lowest BCUT2D eigenvalue weighted by Gasteiger charge is -2.35. The number of amides is 1. The Balaban J connectivity index is 2.88. The van der Waals surface area contributed by atoms with Crippen molar-refractivity contribution in [2.75, 3.05) is 19.8 Å². The van der Waals surface area contributed by atoms with E-state index in [1.54, 1.807) is 20.8 Å². The number of aliphatic carboxylic acids is 1. The maximum absolute atomic E-state index is 12.3. The first kappa shape index (κ1) is 16.8. The van der Waals surface area contributed by atoms with E-state index in [4.69, 9.17) is 9.47 Å². The van der Waals surface area contributed by atoms with Crippen LogP contribution in [0.5, 0.6) is 0 Å². The van der Waals surface area contributed by atoms with E-state index in [1.165, 1.54) is 4.90 Å². The van der Waals surface area contributed by atoms with Gasteiger partial charge in [0.2, 0.25) is 0 Å². The van der Waals surface area contributed by atoms with Crippen molar-refractivity contribution < 1.29 is 24.2 Å². The molecular formula is C14H25NO5. The number of carbonyl (C=O) groups is 2. The Labute approximate surface area is 120 Å². The molecule has 116 valence electrons. The molecule has 1 aliphatic rings. The molecule has 6 heteroatoms. The van der Waals surface area contributed by atoms with Crippen molar-refractivity contribution in [2.45, 2.75) is 52.2 Å². The normalized spacial score (nSPS) is 26.6. The standard InChI is InChI=1S/C14H25NO5/c1-6-19-9-14(5)7-10(11(16)17)8-15(14)12(18)20-13(2,3)4/h10H,6-9H2,1-5H3,(H,16,17)/t10?,14-/m0/s1. The summed E-state index contributed by atoms with van der Waals surface area (Å²) >= 11 is 0. The summed E-state index contributed by atoms with van der Waals surface area (Å²) in [6.07, 6.45) is -0.106. The maximum atomic E-state index is 12.3. The zero-order chi connectivity index (χ0) is 15.6. The number of nitrogens with zero attached hydrogens (tertiary/aromatic N) is 1. The van der Waals surface area contributed by atoms with Gasteiger partial charge in [-0.05, 0) is 41.0 Å². The van der Waals surface area contributed by atoms with Crippen LogP contribution in [0.3, 0.4) is 0 Å². The molecule has 1 unspecified atom stereocenters. The van der Waals surface area contributed by atoms with E-state index in [9.17, 15) is 14.7 Å². The summed E-state index contributed by atoms with van der Waals surface area (Å²) < 4.78 is 10.8. The Kier molecular flexibility index (Phi) is 5.02. The lowest BCUT2D eigenvalue weighted by atomic mass is 9.95. The maximum Gasteiger partial charge on any atom is 0.410 e. The molecule has 1 rings (SSSR count). The van der Waals surface area contributed by atoms with Gasteiger partial charge >= 0.3 is 12.1 Å². The molecule has 1 saturated heterocycles. The minimum atomic E-state index is -0.890. The average Bonchev–Trinajstić information content (AvgIpc) is 2.63. The minimum Gasteiger partial charge on any atom is -0.481 e. The Morgan fingerprint density at radius 1 is 1.40 bits per heavy atom. The summed E-state index contributed by atoms with van der Waals surface area (Å²) in [5.41, 5.74) is -1.24. The molecule has 1 aliphatic heterocycles. The molecule has 6 nitrogen and oxygen atoms in total. The van der Waals surface area contributed by atoms with Gasteiger partial charge in [0.25, 0.3) is 0 Å². The fourth-order valence-electron chi connectivity index (χ4n) is 2.38. The molecular weight excluding hydrogens is 262 g/mol. The molecule has 0 aromatic carbocycles. The highest BCUT2D eigenvalue weighted by Gasteiger charge is 2.48. The third kappa shape index (κ3) is 4.10. The van der Waals surface area contributed by atoms with Gasteiger partial charge in [0.1, 0.15) is 5.60 Å². The van der Waals surface area contributed by atoms with Crippen molar-refractivity contribution in [1.82, 2.24) is 4.90 Å². The van der Waals surface area contributed by atoms with Crippen molar-refractivity contribution in [1.29, 1.82) is 0 Å². The van der Waals surface area contributed by atoms with Crippen LogP contribution in [-0.4, -0.2) is 53.0 Å². The van der Waals surface area contributed by atoms with Crippen LogP contribution in [0.25, 0.3) is 0 Å². The van der Waals surface area contributed by atoms with E-state index in [2.05, 4.69) is 0 Å².